The lowest BCUT2D eigenvalue weighted by Crippen LogP contribution is -2.01. The summed E-state index contributed by atoms with van der Waals surface area (Å²) >= 11 is 0. The Morgan fingerprint density at radius 2 is 1.76 bits per heavy atom. The normalized spacial score (nSPS) is 10.8. The van der Waals surface area contributed by atoms with E-state index in [0.29, 0.717) is 5.56 Å². The zero-order chi connectivity index (χ0) is 18.4. The van der Waals surface area contributed by atoms with Crippen LogP contribution in [0.1, 0.15) is 5.56 Å². The molecule has 2 aromatic carbocycles. The summed E-state index contributed by atoms with van der Waals surface area (Å²) in [6.07, 6.45) is 1.29. The molecule has 0 bridgehead atoms. The molecule has 0 aliphatic heterocycles. The number of alkyl halides is 2. The molecule has 11 heteroatoms. The SMILES string of the molecule is O=[N+]([O-])c1ccc(N/N=C\c2ccc(OC(F)F)cc2)c([N+](=O)[O-])c1. The number of nitro groups is 2. The van der Waals surface area contributed by atoms with Crippen molar-refractivity contribution < 1.29 is 23.4 Å². The lowest BCUT2D eigenvalue weighted by atomic mass is 10.2. The first kappa shape index (κ1) is 17.7. The highest BCUT2D eigenvalue weighted by Crippen LogP contribution is 2.28. The van der Waals surface area contributed by atoms with Gasteiger partial charge in [-0.3, -0.25) is 25.7 Å². The van der Waals surface area contributed by atoms with E-state index in [-0.39, 0.29) is 11.4 Å². The summed E-state index contributed by atoms with van der Waals surface area (Å²) in [4.78, 5) is 20.1. The highest BCUT2D eigenvalue weighted by molar-refractivity contribution is 5.80. The van der Waals surface area contributed by atoms with E-state index >= 15 is 0 Å². The Morgan fingerprint density at radius 1 is 1.08 bits per heavy atom. The average molecular weight is 352 g/mol. The van der Waals surface area contributed by atoms with Crippen molar-refractivity contribution >= 4 is 23.3 Å². The fourth-order valence-corrected chi connectivity index (χ4v) is 1.79. The second-order valence-electron chi connectivity index (χ2n) is 4.53. The molecule has 0 unspecified atom stereocenters. The number of nitrogens with zero attached hydrogens (tertiary/aromatic N) is 3. The Balaban J connectivity index is 2.11. The highest BCUT2D eigenvalue weighted by atomic mass is 19.3. The molecule has 2 rings (SSSR count). The average Bonchev–Trinajstić information content (AvgIpc) is 2.55. The number of rotatable bonds is 7. The van der Waals surface area contributed by atoms with Crippen molar-refractivity contribution in [2.75, 3.05) is 5.43 Å². The fraction of sp³-hybridized carbons (Fsp3) is 0.0714. The molecule has 0 aliphatic rings. The summed E-state index contributed by atoms with van der Waals surface area (Å²) in [6, 6.07) is 8.59. The van der Waals surface area contributed by atoms with Gasteiger partial charge in [0.2, 0.25) is 0 Å². The Bertz CT molecular complexity index is 811. The first-order valence-electron chi connectivity index (χ1n) is 6.63. The van der Waals surface area contributed by atoms with Gasteiger partial charge in [0.05, 0.1) is 22.1 Å². The maximum Gasteiger partial charge on any atom is 0.387 e. The number of benzene rings is 2. The molecular weight excluding hydrogens is 342 g/mol. The van der Waals surface area contributed by atoms with Crippen LogP contribution in [0.4, 0.5) is 25.8 Å². The summed E-state index contributed by atoms with van der Waals surface area (Å²) in [5, 5.41) is 25.4. The third kappa shape index (κ3) is 4.92. The van der Waals surface area contributed by atoms with E-state index in [1.54, 1.807) is 0 Å². The molecule has 0 fully saturated rings. The molecule has 0 radical (unpaired) electrons. The van der Waals surface area contributed by atoms with Crippen LogP contribution in [-0.2, 0) is 0 Å². The molecule has 25 heavy (non-hydrogen) atoms. The van der Waals surface area contributed by atoms with Gasteiger partial charge in [-0.2, -0.15) is 13.9 Å². The van der Waals surface area contributed by atoms with Crippen molar-refractivity contribution in [3.05, 3.63) is 68.3 Å². The van der Waals surface area contributed by atoms with Gasteiger partial charge >= 0.3 is 12.3 Å². The van der Waals surface area contributed by atoms with E-state index in [4.69, 9.17) is 0 Å². The number of ether oxygens (including phenoxy) is 1. The summed E-state index contributed by atoms with van der Waals surface area (Å²) in [6.45, 7) is -2.93. The van der Waals surface area contributed by atoms with Crippen LogP contribution in [0.5, 0.6) is 5.75 Å². The van der Waals surface area contributed by atoms with E-state index in [1.807, 2.05) is 0 Å². The van der Waals surface area contributed by atoms with E-state index < -0.39 is 27.8 Å². The third-order valence-corrected chi connectivity index (χ3v) is 2.89. The number of hydrogen-bond acceptors (Lipinski definition) is 7. The van der Waals surface area contributed by atoms with Crippen LogP contribution in [-0.4, -0.2) is 22.7 Å². The molecule has 0 saturated carbocycles. The first-order valence-corrected chi connectivity index (χ1v) is 6.63. The maximum atomic E-state index is 12.0. The number of hydrazone groups is 1. The number of non-ortho nitro benzene ring substituents is 1. The number of nitrogens with one attached hydrogen (secondary N) is 1. The Morgan fingerprint density at radius 3 is 2.32 bits per heavy atom. The molecule has 0 amide bonds. The topological polar surface area (TPSA) is 120 Å². The van der Waals surface area contributed by atoms with Crippen LogP contribution in [0.3, 0.4) is 0 Å². The predicted molar refractivity (Wildman–Crippen MR) is 84.0 cm³/mol. The summed E-state index contributed by atoms with van der Waals surface area (Å²) < 4.78 is 28.3. The Hall–Kier alpha value is -3.63. The minimum Gasteiger partial charge on any atom is -0.435 e. The maximum absolute atomic E-state index is 12.0. The van der Waals surface area contributed by atoms with Crippen molar-refractivity contribution in [1.29, 1.82) is 0 Å². The highest BCUT2D eigenvalue weighted by Gasteiger charge is 2.19. The molecule has 0 aromatic heterocycles. The number of halogens is 2. The van der Waals surface area contributed by atoms with Crippen LogP contribution in [0.15, 0.2) is 47.6 Å². The zero-order valence-electron chi connectivity index (χ0n) is 12.3. The summed E-state index contributed by atoms with van der Waals surface area (Å²) in [7, 11) is 0. The van der Waals surface area contributed by atoms with E-state index in [2.05, 4.69) is 15.3 Å². The molecule has 1 N–H and O–H groups in total. The Kier molecular flexibility index (Phi) is 5.50. The van der Waals surface area contributed by atoms with Crippen molar-refractivity contribution in [3.63, 3.8) is 0 Å². The van der Waals surface area contributed by atoms with Gasteiger partial charge in [0.15, 0.2) is 0 Å². The van der Waals surface area contributed by atoms with Gasteiger partial charge in [-0.05, 0) is 35.9 Å². The smallest absolute Gasteiger partial charge is 0.387 e. The second kappa shape index (κ2) is 7.77. The van der Waals surface area contributed by atoms with Gasteiger partial charge < -0.3 is 4.74 Å². The van der Waals surface area contributed by atoms with E-state index in [1.165, 1.54) is 30.5 Å². The number of hydrogen-bond donors (Lipinski definition) is 1. The predicted octanol–water partition coefficient (Wildman–Crippen LogP) is 3.55. The quantitative estimate of drug-likeness (QED) is 0.462. The first-order chi connectivity index (χ1) is 11.9. The van der Waals surface area contributed by atoms with Crippen LogP contribution >= 0.6 is 0 Å². The van der Waals surface area contributed by atoms with Crippen LogP contribution < -0.4 is 10.2 Å². The lowest BCUT2D eigenvalue weighted by molar-refractivity contribution is -0.393. The summed E-state index contributed by atoms with van der Waals surface area (Å²) in [5.74, 6) is -0.0221. The molecular formula is C14H10F2N4O5. The zero-order valence-corrected chi connectivity index (χ0v) is 12.3. The van der Waals surface area contributed by atoms with Crippen LogP contribution in [0.25, 0.3) is 0 Å². The van der Waals surface area contributed by atoms with Crippen molar-refractivity contribution in [2.24, 2.45) is 5.10 Å². The molecule has 0 aliphatic carbocycles. The fourth-order valence-electron chi connectivity index (χ4n) is 1.79. The largest absolute Gasteiger partial charge is 0.435 e. The molecule has 0 spiro atoms. The summed E-state index contributed by atoms with van der Waals surface area (Å²) in [5.41, 5.74) is 1.96. The minimum atomic E-state index is -2.93. The van der Waals surface area contributed by atoms with Gasteiger partial charge in [-0.25, -0.2) is 0 Å². The molecule has 0 heterocycles. The van der Waals surface area contributed by atoms with Gasteiger partial charge in [-0.15, -0.1) is 0 Å². The molecule has 0 atom stereocenters. The minimum absolute atomic E-state index is 0.0221. The van der Waals surface area contributed by atoms with Crippen LogP contribution in [0, 0.1) is 20.2 Å². The van der Waals surface area contributed by atoms with E-state index in [0.717, 1.165) is 18.2 Å². The Labute approximate surface area is 138 Å². The van der Waals surface area contributed by atoms with Crippen LogP contribution in [0.2, 0.25) is 0 Å². The van der Waals surface area contributed by atoms with Gasteiger partial charge in [0.1, 0.15) is 11.4 Å². The monoisotopic (exact) mass is 352 g/mol. The molecule has 0 saturated heterocycles. The standard InChI is InChI=1S/C14H10F2N4O5/c15-14(16)25-11-4-1-9(2-5-11)8-17-18-12-6-3-10(19(21)22)7-13(12)20(23)24/h1-8,14,18H/b17-8-. The van der Waals surface area contributed by atoms with Crippen molar-refractivity contribution in [1.82, 2.24) is 0 Å². The van der Waals surface area contributed by atoms with Gasteiger partial charge in [0.25, 0.3) is 5.69 Å². The van der Waals surface area contributed by atoms with Gasteiger partial charge in [0, 0.05) is 6.07 Å². The van der Waals surface area contributed by atoms with Gasteiger partial charge in [-0.1, -0.05) is 0 Å². The molecule has 9 nitrogen and oxygen atoms in total. The van der Waals surface area contributed by atoms with Crippen molar-refractivity contribution in [3.8, 4) is 5.75 Å². The second-order valence-corrected chi connectivity index (χ2v) is 4.53. The number of nitro benzene ring substituents is 2. The van der Waals surface area contributed by atoms with Crippen molar-refractivity contribution in [2.45, 2.75) is 6.61 Å². The lowest BCUT2D eigenvalue weighted by Gasteiger charge is -2.04. The third-order valence-electron chi connectivity index (χ3n) is 2.89. The number of anilines is 1. The molecule has 130 valence electrons. The molecule has 2 aromatic rings. The van der Waals surface area contributed by atoms with E-state index in [9.17, 15) is 29.0 Å².